The number of nitrogens with zero attached hydrogens (tertiary/aromatic N) is 1. The van der Waals surface area contributed by atoms with E-state index in [1.54, 1.807) is 30.3 Å². The van der Waals surface area contributed by atoms with Crippen molar-refractivity contribution in [2.45, 2.75) is 36.0 Å². The van der Waals surface area contributed by atoms with Crippen LogP contribution in [0.25, 0.3) is 0 Å². The third-order valence-corrected chi connectivity index (χ3v) is 7.30. The van der Waals surface area contributed by atoms with Crippen LogP contribution >= 0.6 is 0 Å². The van der Waals surface area contributed by atoms with Crippen LogP contribution in [0.1, 0.15) is 23.2 Å². The molecule has 166 valence electrons. The molecule has 1 aliphatic carbocycles. The lowest BCUT2D eigenvalue weighted by Crippen LogP contribution is -2.49. The number of benzene rings is 2. The molecule has 2 N–H and O–H groups in total. The summed E-state index contributed by atoms with van der Waals surface area (Å²) >= 11 is 0. The Kier molecular flexibility index (Phi) is 6.25. The van der Waals surface area contributed by atoms with Crippen molar-refractivity contribution in [1.29, 1.82) is 0 Å². The fourth-order valence-corrected chi connectivity index (χ4v) is 5.67. The standard InChI is InChI=1S/C24H24N2O5S/c27-23(31-16-18-8-3-1-4-9-18)26-20-14-19-10-7-13-25-22(19)24(28,15-20)17-32(29,30)21-11-5-2-6-12-21/h1-13,20,28H,14-17H2,(H,26,27)/t20-,24-/m0/s1. The molecule has 1 heterocycles. The topological polar surface area (TPSA) is 106 Å². The zero-order chi connectivity index (χ0) is 22.6. The minimum absolute atomic E-state index is 0.00349. The predicted octanol–water partition coefficient (Wildman–Crippen LogP) is 2.98. The second kappa shape index (κ2) is 9.10. The van der Waals surface area contributed by atoms with Crippen molar-refractivity contribution in [3.8, 4) is 0 Å². The number of ether oxygens (including phenoxy) is 1. The molecule has 32 heavy (non-hydrogen) atoms. The minimum atomic E-state index is -3.79. The monoisotopic (exact) mass is 452 g/mol. The van der Waals surface area contributed by atoms with Crippen LogP contribution in [0.2, 0.25) is 0 Å². The highest BCUT2D eigenvalue weighted by atomic mass is 32.2. The smallest absolute Gasteiger partial charge is 0.407 e. The van der Waals surface area contributed by atoms with Gasteiger partial charge in [0, 0.05) is 18.7 Å². The van der Waals surface area contributed by atoms with Crippen LogP contribution in [0.5, 0.6) is 0 Å². The summed E-state index contributed by atoms with van der Waals surface area (Å²) in [6.45, 7) is 0.115. The zero-order valence-corrected chi connectivity index (χ0v) is 18.2. The summed E-state index contributed by atoms with van der Waals surface area (Å²) in [5.74, 6) is -0.536. The number of nitrogens with one attached hydrogen (secondary N) is 1. The highest BCUT2D eigenvalue weighted by Crippen LogP contribution is 2.36. The third-order valence-electron chi connectivity index (χ3n) is 5.45. The van der Waals surface area contributed by atoms with Gasteiger partial charge in [0.2, 0.25) is 0 Å². The molecule has 0 saturated carbocycles. The van der Waals surface area contributed by atoms with Gasteiger partial charge in [-0.3, -0.25) is 4.98 Å². The number of aromatic nitrogens is 1. The summed E-state index contributed by atoms with van der Waals surface area (Å²) in [6.07, 6.45) is 1.32. The van der Waals surface area contributed by atoms with Gasteiger partial charge in [0.25, 0.3) is 0 Å². The normalized spacial score (nSPS) is 20.2. The molecule has 3 aromatic rings. The molecular formula is C24H24N2O5S. The molecule has 8 heteroatoms. The third kappa shape index (κ3) is 4.98. The average molecular weight is 453 g/mol. The highest BCUT2D eigenvalue weighted by molar-refractivity contribution is 7.91. The number of sulfone groups is 1. The number of carbonyl (C=O) groups is 1. The number of aliphatic hydroxyl groups is 1. The number of hydrogen-bond acceptors (Lipinski definition) is 6. The molecule has 0 fully saturated rings. The van der Waals surface area contributed by atoms with Crippen molar-refractivity contribution in [3.63, 3.8) is 0 Å². The summed E-state index contributed by atoms with van der Waals surface area (Å²) in [5.41, 5.74) is 0.125. The second-order valence-electron chi connectivity index (χ2n) is 7.93. The van der Waals surface area contributed by atoms with Gasteiger partial charge >= 0.3 is 6.09 Å². The Balaban J connectivity index is 1.52. The molecule has 1 amide bonds. The maximum atomic E-state index is 13.0. The summed E-state index contributed by atoms with van der Waals surface area (Å²) in [7, 11) is -3.79. The fourth-order valence-electron chi connectivity index (χ4n) is 4.05. The van der Waals surface area contributed by atoms with E-state index in [0.717, 1.165) is 5.56 Å². The molecule has 0 aliphatic heterocycles. The number of carbonyl (C=O) groups excluding carboxylic acids is 1. The summed E-state index contributed by atoms with van der Waals surface area (Å²) < 4.78 is 31.3. The van der Waals surface area contributed by atoms with Crippen LogP contribution in [0.3, 0.4) is 0 Å². The number of rotatable bonds is 6. The van der Waals surface area contributed by atoms with E-state index in [1.165, 1.54) is 18.3 Å². The van der Waals surface area contributed by atoms with E-state index in [4.69, 9.17) is 4.74 Å². The Hall–Kier alpha value is -3.23. The number of fused-ring (bicyclic) bond motifs is 1. The lowest BCUT2D eigenvalue weighted by Gasteiger charge is -2.37. The van der Waals surface area contributed by atoms with Crippen molar-refractivity contribution >= 4 is 15.9 Å². The van der Waals surface area contributed by atoms with E-state index in [1.807, 2.05) is 30.3 Å². The van der Waals surface area contributed by atoms with Crippen LogP contribution in [-0.4, -0.2) is 36.4 Å². The molecule has 2 atom stereocenters. The van der Waals surface area contributed by atoms with Gasteiger partial charge in [-0.25, -0.2) is 13.2 Å². The van der Waals surface area contributed by atoms with E-state index in [9.17, 15) is 18.3 Å². The summed E-state index contributed by atoms with van der Waals surface area (Å²) in [6, 6.07) is 20.3. The van der Waals surface area contributed by atoms with Crippen LogP contribution in [-0.2, 0) is 33.2 Å². The molecule has 4 rings (SSSR count). The van der Waals surface area contributed by atoms with Gasteiger partial charge in [-0.1, -0.05) is 54.6 Å². The molecule has 0 saturated heterocycles. The molecular weight excluding hydrogens is 428 g/mol. The van der Waals surface area contributed by atoms with Gasteiger partial charge < -0.3 is 15.2 Å². The van der Waals surface area contributed by atoms with Crippen molar-refractivity contribution in [3.05, 3.63) is 95.8 Å². The predicted molar refractivity (Wildman–Crippen MR) is 119 cm³/mol. The van der Waals surface area contributed by atoms with Gasteiger partial charge in [0.05, 0.1) is 16.3 Å². The fraction of sp³-hybridized carbons (Fsp3) is 0.250. The van der Waals surface area contributed by atoms with Gasteiger partial charge in [-0.05, 0) is 35.7 Å². The first-order chi connectivity index (χ1) is 15.4. The Bertz CT molecular complexity index is 1190. The quantitative estimate of drug-likeness (QED) is 0.596. The number of alkyl carbamates (subject to hydrolysis) is 1. The number of pyridine rings is 1. The average Bonchev–Trinajstić information content (AvgIpc) is 2.78. The Morgan fingerprint density at radius 2 is 1.75 bits per heavy atom. The SMILES string of the molecule is O=C(N[C@H]1Cc2cccnc2[C@@](O)(CS(=O)(=O)c2ccccc2)C1)OCc1ccccc1. The van der Waals surface area contributed by atoms with Crippen LogP contribution in [0, 0.1) is 0 Å². The summed E-state index contributed by atoms with van der Waals surface area (Å²) in [5, 5.41) is 14.2. The van der Waals surface area contributed by atoms with E-state index >= 15 is 0 Å². The molecule has 0 bridgehead atoms. The molecule has 0 spiro atoms. The minimum Gasteiger partial charge on any atom is -0.445 e. The van der Waals surface area contributed by atoms with E-state index in [2.05, 4.69) is 10.3 Å². The van der Waals surface area contributed by atoms with Crippen molar-refractivity contribution < 1.29 is 23.1 Å². The van der Waals surface area contributed by atoms with Gasteiger partial charge in [-0.2, -0.15) is 0 Å². The van der Waals surface area contributed by atoms with E-state index in [0.29, 0.717) is 17.7 Å². The van der Waals surface area contributed by atoms with E-state index in [-0.39, 0.29) is 17.9 Å². The summed E-state index contributed by atoms with van der Waals surface area (Å²) in [4.78, 5) is 16.8. The van der Waals surface area contributed by atoms with Crippen molar-refractivity contribution in [1.82, 2.24) is 10.3 Å². The first-order valence-corrected chi connectivity index (χ1v) is 11.9. The lowest BCUT2D eigenvalue weighted by atomic mass is 9.81. The Labute approximate surface area is 187 Å². The van der Waals surface area contributed by atoms with Gasteiger partial charge in [0.1, 0.15) is 12.2 Å². The Morgan fingerprint density at radius 1 is 1.06 bits per heavy atom. The van der Waals surface area contributed by atoms with Gasteiger partial charge in [-0.15, -0.1) is 0 Å². The largest absolute Gasteiger partial charge is 0.445 e. The maximum absolute atomic E-state index is 13.0. The molecule has 1 aliphatic rings. The molecule has 1 aromatic heterocycles. The number of amides is 1. The molecule has 0 radical (unpaired) electrons. The van der Waals surface area contributed by atoms with Crippen LogP contribution in [0.15, 0.2) is 83.9 Å². The first-order valence-electron chi connectivity index (χ1n) is 10.3. The van der Waals surface area contributed by atoms with Crippen molar-refractivity contribution in [2.24, 2.45) is 0 Å². The zero-order valence-electron chi connectivity index (χ0n) is 17.3. The lowest BCUT2D eigenvalue weighted by molar-refractivity contribution is 0.0260. The van der Waals surface area contributed by atoms with Gasteiger partial charge in [0.15, 0.2) is 9.84 Å². The van der Waals surface area contributed by atoms with Crippen LogP contribution in [0.4, 0.5) is 4.79 Å². The first kappa shape index (κ1) is 22.0. The second-order valence-corrected chi connectivity index (χ2v) is 9.92. The van der Waals surface area contributed by atoms with Crippen molar-refractivity contribution in [2.75, 3.05) is 5.75 Å². The van der Waals surface area contributed by atoms with Crippen LogP contribution < -0.4 is 5.32 Å². The molecule has 7 nitrogen and oxygen atoms in total. The molecule has 0 unspecified atom stereocenters. The highest BCUT2D eigenvalue weighted by Gasteiger charge is 2.44. The van der Waals surface area contributed by atoms with E-state index < -0.39 is 33.3 Å². The number of hydrogen-bond donors (Lipinski definition) is 2. The maximum Gasteiger partial charge on any atom is 0.407 e. The molecule has 2 aromatic carbocycles. The Morgan fingerprint density at radius 3 is 2.47 bits per heavy atom.